The lowest BCUT2D eigenvalue weighted by Crippen LogP contribution is -2.52. The number of benzene rings is 1. The minimum atomic E-state index is -2.82. The molecule has 1 aromatic carbocycles. The average Bonchev–Trinajstić information content (AvgIpc) is 3.45. The number of amides is 2. The number of para-hydroxylation sites is 2. The first-order valence-electron chi connectivity index (χ1n) is 16.3. The lowest BCUT2D eigenvalue weighted by atomic mass is 9.92. The van der Waals surface area contributed by atoms with Crippen LogP contribution in [-0.2, 0) is 14.3 Å². The Balaban J connectivity index is 1.30. The van der Waals surface area contributed by atoms with E-state index in [1.54, 1.807) is 69.9 Å². The molecule has 1 atom stereocenters. The second-order valence-corrected chi connectivity index (χ2v) is 14.0. The van der Waals surface area contributed by atoms with Crippen LogP contribution >= 0.6 is 11.8 Å². The number of ether oxygens (including phenoxy) is 3. The van der Waals surface area contributed by atoms with Crippen molar-refractivity contribution in [3.05, 3.63) is 36.2 Å². The predicted molar refractivity (Wildman–Crippen MR) is 180 cm³/mol. The van der Waals surface area contributed by atoms with Crippen molar-refractivity contribution in [3.63, 3.8) is 0 Å². The molecule has 1 aliphatic heterocycles. The highest BCUT2D eigenvalue weighted by molar-refractivity contribution is 7.98. The fourth-order valence-corrected chi connectivity index (χ4v) is 6.36. The SMILES string of the molecule is CSCC[C@@H](C(=O)NC1CCC(Oc2cc(-n3c(C(F)F)nc4ccccc43)nc(N3CCOCC3)n2)CC1)N(C)C(=O)OC(C)(C)C. The van der Waals surface area contributed by atoms with Gasteiger partial charge in [0.1, 0.15) is 23.6 Å². The molecule has 15 heteroatoms. The normalized spacial score (nSPS) is 19.3. The summed E-state index contributed by atoms with van der Waals surface area (Å²) in [6, 6.07) is 7.80. The number of anilines is 1. The summed E-state index contributed by atoms with van der Waals surface area (Å²) in [4.78, 5) is 43.1. The number of nitrogens with one attached hydrogen (secondary N) is 1. The molecule has 2 amide bonds. The van der Waals surface area contributed by atoms with Crippen LogP contribution in [0.2, 0.25) is 0 Å². The molecular formula is C33H45F2N7O5S. The van der Waals surface area contributed by atoms with E-state index in [4.69, 9.17) is 24.2 Å². The molecule has 3 aromatic rings. The van der Waals surface area contributed by atoms with Crippen LogP contribution in [0.4, 0.5) is 19.5 Å². The summed E-state index contributed by atoms with van der Waals surface area (Å²) in [5.74, 6) is 1.00. The standard InChI is InChI=1S/C33H45F2N7O5S/c1-33(2,3)47-32(44)40(4)25(14-19-48-5)30(43)36-21-10-12-22(13-11-21)46-27-20-26(38-31(39-27)41-15-17-45-18-16-41)42-24-9-7-6-8-23(24)37-29(42)28(34)35/h6-9,20-22,25,28H,10-19H2,1-5H3,(H,36,43)/t21?,22?,25-/m0/s1. The van der Waals surface area contributed by atoms with Crippen LogP contribution in [0.5, 0.6) is 5.88 Å². The van der Waals surface area contributed by atoms with Crippen LogP contribution in [0, 0.1) is 0 Å². The van der Waals surface area contributed by atoms with Gasteiger partial charge in [0.15, 0.2) is 5.82 Å². The number of alkyl halides is 2. The number of rotatable bonds is 11. The number of imidazole rings is 1. The van der Waals surface area contributed by atoms with E-state index in [-0.39, 0.29) is 29.8 Å². The van der Waals surface area contributed by atoms with Crippen LogP contribution in [0.15, 0.2) is 30.3 Å². The van der Waals surface area contributed by atoms with Gasteiger partial charge < -0.3 is 24.4 Å². The van der Waals surface area contributed by atoms with Gasteiger partial charge in [-0.2, -0.15) is 21.7 Å². The van der Waals surface area contributed by atoms with E-state index < -0.39 is 30.0 Å². The molecule has 2 aliphatic rings. The highest BCUT2D eigenvalue weighted by atomic mass is 32.2. The maximum atomic E-state index is 14.2. The molecule has 0 spiro atoms. The molecule has 2 aromatic heterocycles. The van der Waals surface area contributed by atoms with E-state index in [0.717, 1.165) is 0 Å². The molecule has 1 saturated carbocycles. The summed E-state index contributed by atoms with van der Waals surface area (Å²) in [7, 11) is 1.60. The quantitative estimate of drug-likeness (QED) is 0.281. The molecule has 0 radical (unpaired) electrons. The van der Waals surface area contributed by atoms with Gasteiger partial charge in [-0.05, 0) is 77.0 Å². The average molecular weight is 690 g/mol. The molecule has 1 saturated heterocycles. The summed E-state index contributed by atoms with van der Waals surface area (Å²) in [5.41, 5.74) is 0.278. The van der Waals surface area contributed by atoms with Crippen molar-refractivity contribution in [1.29, 1.82) is 0 Å². The third kappa shape index (κ3) is 8.84. The van der Waals surface area contributed by atoms with E-state index in [9.17, 15) is 18.4 Å². The molecule has 1 N–H and O–H groups in total. The topological polar surface area (TPSA) is 124 Å². The van der Waals surface area contributed by atoms with Crippen LogP contribution in [0.3, 0.4) is 0 Å². The number of morpholine rings is 1. The molecule has 5 rings (SSSR count). The molecule has 262 valence electrons. The number of carbonyl (C=O) groups is 2. The summed E-state index contributed by atoms with van der Waals surface area (Å²) in [6.07, 6.45) is 1.52. The molecular weight excluding hydrogens is 644 g/mol. The van der Waals surface area contributed by atoms with E-state index >= 15 is 0 Å². The summed E-state index contributed by atoms with van der Waals surface area (Å²) in [6.45, 7) is 7.50. The lowest BCUT2D eigenvalue weighted by Gasteiger charge is -2.33. The molecule has 0 bridgehead atoms. The summed E-state index contributed by atoms with van der Waals surface area (Å²) < 4.78 is 47.2. The van der Waals surface area contributed by atoms with Gasteiger partial charge in [0.25, 0.3) is 6.43 Å². The van der Waals surface area contributed by atoms with E-state index in [0.29, 0.717) is 81.1 Å². The van der Waals surface area contributed by atoms with E-state index in [1.165, 1.54) is 9.47 Å². The van der Waals surface area contributed by atoms with Gasteiger partial charge in [0.05, 0.1) is 24.2 Å². The van der Waals surface area contributed by atoms with Crippen molar-refractivity contribution in [3.8, 4) is 11.7 Å². The Morgan fingerprint density at radius 2 is 1.81 bits per heavy atom. The molecule has 1 aliphatic carbocycles. The van der Waals surface area contributed by atoms with E-state index in [2.05, 4.69) is 10.3 Å². The fourth-order valence-electron chi connectivity index (χ4n) is 5.90. The first-order valence-corrected chi connectivity index (χ1v) is 17.7. The zero-order chi connectivity index (χ0) is 34.4. The Labute approximate surface area is 283 Å². The van der Waals surface area contributed by atoms with Crippen molar-refractivity contribution in [2.24, 2.45) is 0 Å². The van der Waals surface area contributed by atoms with E-state index in [1.807, 2.05) is 11.2 Å². The molecule has 2 fully saturated rings. The number of aromatic nitrogens is 4. The van der Waals surface area contributed by atoms with Crippen LogP contribution in [-0.4, -0.2) is 106 Å². The summed E-state index contributed by atoms with van der Waals surface area (Å²) >= 11 is 1.61. The van der Waals surface area contributed by atoms with Crippen molar-refractivity contribution in [1.82, 2.24) is 29.7 Å². The first-order chi connectivity index (χ1) is 22.9. The monoisotopic (exact) mass is 689 g/mol. The number of likely N-dealkylation sites (N-methyl/N-ethyl adjacent to an activating group) is 1. The third-order valence-corrected chi connectivity index (χ3v) is 8.98. The number of fused-ring (bicyclic) bond motifs is 1. The molecule has 0 unspecified atom stereocenters. The highest BCUT2D eigenvalue weighted by Crippen LogP contribution is 2.31. The largest absolute Gasteiger partial charge is 0.474 e. The Hall–Kier alpha value is -3.72. The zero-order valence-corrected chi connectivity index (χ0v) is 29.0. The third-order valence-electron chi connectivity index (χ3n) is 8.34. The Morgan fingerprint density at radius 3 is 2.48 bits per heavy atom. The smallest absolute Gasteiger partial charge is 0.410 e. The number of halogens is 2. The Morgan fingerprint density at radius 1 is 1.10 bits per heavy atom. The van der Waals surface area contributed by atoms with Gasteiger partial charge in [0, 0.05) is 32.2 Å². The number of hydrogen-bond donors (Lipinski definition) is 1. The molecule has 12 nitrogen and oxygen atoms in total. The van der Waals surface area contributed by atoms with Gasteiger partial charge in [-0.25, -0.2) is 18.6 Å². The minimum absolute atomic E-state index is 0.0862. The van der Waals surface area contributed by atoms with Crippen molar-refractivity contribution >= 4 is 40.7 Å². The molecule has 48 heavy (non-hydrogen) atoms. The number of thioether (sulfide) groups is 1. The van der Waals surface area contributed by atoms with Crippen molar-refractivity contribution < 1.29 is 32.6 Å². The van der Waals surface area contributed by atoms with Gasteiger partial charge in [0.2, 0.25) is 17.7 Å². The lowest BCUT2D eigenvalue weighted by molar-refractivity contribution is -0.127. The maximum Gasteiger partial charge on any atom is 0.410 e. The van der Waals surface area contributed by atoms with Gasteiger partial charge in [-0.15, -0.1) is 0 Å². The summed E-state index contributed by atoms with van der Waals surface area (Å²) in [5, 5.41) is 3.15. The van der Waals surface area contributed by atoms with Crippen LogP contribution in [0.1, 0.15) is 65.1 Å². The van der Waals surface area contributed by atoms with Gasteiger partial charge >= 0.3 is 6.09 Å². The van der Waals surface area contributed by atoms with Crippen molar-refractivity contribution in [2.75, 3.05) is 50.3 Å². The fraction of sp³-hybridized carbons (Fsp3) is 0.606. The van der Waals surface area contributed by atoms with Crippen molar-refractivity contribution in [2.45, 2.75) is 83.1 Å². The first kappa shape index (κ1) is 35.6. The highest BCUT2D eigenvalue weighted by Gasteiger charge is 2.33. The molecule has 3 heterocycles. The zero-order valence-electron chi connectivity index (χ0n) is 28.2. The predicted octanol–water partition coefficient (Wildman–Crippen LogP) is 5.38. The Bertz CT molecular complexity index is 1550. The maximum absolute atomic E-state index is 14.2. The van der Waals surface area contributed by atoms with Crippen LogP contribution in [0.25, 0.3) is 16.9 Å². The second kappa shape index (κ2) is 15.7. The number of carbonyl (C=O) groups excluding carboxylic acids is 2. The van der Waals surface area contributed by atoms with Crippen LogP contribution < -0.4 is 15.0 Å². The van der Waals surface area contributed by atoms with Gasteiger partial charge in [-0.1, -0.05) is 12.1 Å². The number of hydrogen-bond acceptors (Lipinski definition) is 10. The number of nitrogens with zero attached hydrogens (tertiary/aromatic N) is 6. The second-order valence-electron chi connectivity index (χ2n) is 13.0. The Kier molecular flexibility index (Phi) is 11.6. The van der Waals surface area contributed by atoms with Gasteiger partial charge in [-0.3, -0.25) is 14.3 Å². The minimum Gasteiger partial charge on any atom is -0.474 e.